The fourth-order valence-corrected chi connectivity index (χ4v) is 2.77. The van der Waals surface area contributed by atoms with Crippen molar-refractivity contribution in [3.05, 3.63) is 63.2 Å². The molecular formula is C20H19IO5. The summed E-state index contributed by atoms with van der Waals surface area (Å²) in [6.45, 7) is 2.12. The summed E-state index contributed by atoms with van der Waals surface area (Å²) < 4.78 is 11.2. The van der Waals surface area contributed by atoms with Crippen LogP contribution in [0.25, 0.3) is 0 Å². The first-order valence-corrected chi connectivity index (χ1v) is 9.28. The van der Waals surface area contributed by atoms with Crippen LogP contribution < -0.4 is 4.74 Å². The molecule has 26 heavy (non-hydrogen) atoms. The van der Waals surface area contributed by atoms with Gasteiger partial charge in [0.15, 0.2) is 18.2 Å². The smallest absolute Gasteiger partial charge is 0.306 e. The number of hydrogen-bond acceptors (Lipinski definition) is 5. The van der Waals surface area contributed by atoms with Crippen molar-refractivity contribution >= 4 is 40.1 Å². The number of esters is 1. The van der Waals surface area contributed by atoms with Crippen molar-refractivity contribution in [3.8, 4) is 5.75 Å². The standard InChI is InChI=1S/C20H19IO5/c1-2-25-17-8-6-14(7-9-17)18(22)10-11-20(24)26-13-19(23)15-4-3-5-16(21)12-15/h3-9,12H,2,10-11,13H2,1H3. The average Bonchev–Trinajstić information content (AvgIpc) is 2.65. The monoisotopic (exact) mass is 466 g/mol. The van der Waals surface area contributed by atoms with E-state index in [2.05, 4.69) is 22.6 Å². The zero-order valence-corrected chi connectivity index (χ0v) is 16.5. The van der Waals surface area contributed by atoms with E-state index >= 15 is 0 Å². The van der Waals surface area contributed by atoms with Crippen LogP contribution in [0.5, 0.6) is 5.75 Å². The van der Waals surface area contributed by atoms with Crippen molar-refractivity contribution in [1.82, 2.24) is 0 Å². The zero-order valence-electron chi connectivity index (χ0n) is 14.4. The van der Waals surface area contributed by atoms with Gasteiger partial charge in [0.25, 0.3) is 0 Å². The van der Waals surface area contributed by atoms with Gasteiger partial charge in [-0.2, -0.15) is 0 Å². The van der Waals surface area contributed by atoms with Crippen LogP contribution in [0.1, 0.15) is 40.5 Å². The minimum absolute atomic E-state index is 0.0320. The third kappa shape index (κ3) is 6.25. The van der Waals surface area contributed by atoms with Gasteiger partial charge in [-0.15, -0.1) is 0 Å². The predicted molar refractivity (Wildman–Crippen MR) is 106 cm³/mol. The molecule has 0 radical (unpaired) electrons. The van der Waals surface area contributed by atoms with E-state index in [1.165, 1.54) is 0 Å². The third-order valence-corrected chi connectivity index (χ3v) is 4.23. The van der Waals surface area contributed by atoms with Crippen molar-refractivity contribution in [2.45, 2.75) is 19.8 Å². The van der Waals surface area contributed by atoms with Crippen LogP contribution in [0.2, 0.25) is 0 Å². The maximum absolute atomic E-state index is 12.1. The molecule has 0 unspecified atom stereocenters. The molecule has 2 rings (SSSR count). The van der Waals surface area contributed by atoms with Gasteiger partial charge in [-0.1, -0.05) is 12.1 Å². The molecule has 6 heteroatoms. The number of carbonyl (C=O) groups excluding carboxylic acids is 3. The summed E-state index contributed by atoms with van der Waals surface area (Å²) in [5.41, 5.74) is 1.01. The van der Waals surface area contributed by atoms with Crippen molar-refractivity contribution < 1.29 is 23.9 Å². The highest BCUT2D eigenvalue weighted by molar-refractivity contribution is 14.1. The minimum Gasteiger partial charge on any atom is -0.494 e. The Morgan fingerprint density at radius 3 is 2.31 bits per heavy atom. The number of carbonyl (C=O) groups is 3. The summed E-state index contributed by atoms with van der Waals surface area (Å²) in [7, 11) is 0. The first-order chi connectivity index (χ1) is 12.5. The highest BCUT2D eigenvalue weighted by Crippen LogP contribution is 2.14. The van der Waals surface area contributed by atoms with E-state index in [4.69, 9.17) is 9.47 Å². The Bertz CT molecular complexity index is 783. The fraction of sp³-hybridized carbons (Fsp3) is 0.250. The van der Waals surface area contributed by atoms with E-state index < -0.39 is 5.97 Å². The SMILES string of the molecule is CCOc1ccc(C(=O)CCC(=O)OCC(=O)c2cccc(I)c2)cc1. The Hall–Kier alpha value is -2.22. The van der Waals surface area contributed by atoms with Gasteiger partial charge in [0.05, 0.1) is 13.0 Å². The van der Waals surface area contributed by atoms with Gasteiger partial charge < -0.3 is 9.47 Å². The minimum atomic E-state index is -0.566. The Morgan fingerprint density at radius 2 is 1.65 bits per heavy atom. The lowest BCUT2D eigenvalue weighted by molar-refractivity contribution is -0.142. The van der Waals surface area contributed by atoms with E-state index in [1.807, 2.05) is 13.0 Å². The maximum Gasteiger partial charge on any atom is 0.306 e. The number of ketones is 2. The number of halogens is 1. The lowest BCUT2D eigenvalue weighted by Crippen LogP contribution is -2.15. The average molecular weight is 466 g/mol. The molecule has 0 saturated heterocycles. The van der Waals surface area contributed by atoms with Gasteiger partial charge in [-0.05, 0) is 65.9 Å². The van der Waals surface area contributed by atoms with Crippen LogP contribution in [-0.2, 0) is 9.53 Å². The highest BCUT2D eigenvalue weighted by Gasteiger charge is 2.13. The van der Waals surface area contributed by atoms with Crippen LogP contribution in [0, 0.1) is 3.57 Å². The molecule has 5 nitrogen and oxygen atoms in total. The number of ether oxygens (including phenoxy) is 2. The van der Waals surface area contributed by atoms with Gasteiger partial charge >= 0.3 is 5.97 Å². The number of rotatable bonds is 9. The normalized spacial score (nSPS) is 10.2. The Morgan fingerprint density at radius 1 is 0.923 bits per heavy atom. The molecule has 0 N–H and O–H groups in total. The molecule has 0 aliphatic carbocycles. The van der Waals surface area contributed by atoms with Crippen molar-refractivity contribution in [2.24, 2.45) is 0 Å². The molecule has 2 aromatic rings. The van der Waals surface area contributed by atoms with E-state index in [-0.39, 0.29) is 31.0 Å². The van der Waals surface area contributed by atoms with Gasteiger partial charge in [-0.3, -0.25) is 14.4 Å². The summed E-state index contributed by atoms with van der Waals surface area (Å²) >= 11 is 2.11. The Balaban J connectivity index is 1.77. The van der Waals surface area contributed by atoms with Gasteiger partial charge in [0.2, 0.25) is 0 Å². The van der Waals surface area contributed by atoms with Gasteiger partial charge in [0.1, 0.15) is 5.75 Å². The van der Waals surface area contributed by atoms with E-state index in [0.717, 1.165) is 3.57 Å². The quantitative estimate of drug-likeness (QED) is 0.317. The summed E-state index contributed by atoms with van der Waals surface area (Å²) in [6, 6.07) is 13.8. The number of Topliss-reactive ketones (excluding diaryl/α,β-unsaturated/α-hetero) is 2. The predicted octanol–water partition coefficient (Wildman–Crippen LogP) is 4.08. The van der Waals surface area contributed by atoms with Crippen LogP contribution in [0.4, 0.5) is 0 Å². The lowest BCUT2D eigenvalue weighted by atomic mass is 10.1. The molecule has 0 aliphatic heterocycles. The molecule has 136 valence electrons. The molecule has 0 fully saturated rings. The maximum atomic E-state index is 12.1. The summed E-state index contributed by atoms with van der Waals surface area (Å²) in [4.78, 5) is 35.9. The van der Waals surface area contributed by atoms with Gasteiger partial charge in [-0.25, -0.2) is 0 Å². The molecule has 0 saturated carbocycles. The van der Waals surface area contributed by atoms with Crippen LogP contribution in [0.15, 0.2) is 48.5 Å². The number of benzene rings is 2. The molecule has 2 aromatic carbocycles. The van der Waals surface area contributed by atoms with Crippen LogP contribution >= 0.6 is 22.6 Å². The second kappa shape index (κ2) is 10.1. The van der Waals surface area contributed by atoms with Crippen molar-refractivity contribution in [3.63, 3.8) is 0 Å². The molecule has 0 atom stereocenters. The Kier molecular flexibility index (Phi) is 7.77. The Labute approximate surface area is 165 Å². The van der Waals surface area contributed by atoms with Crippen LogP contribution in [-0.4, -0.2) is 30.7 Å². The van der Waals surface area contributed by atoms with E-state index in [0.29, 0.717) is 23.5 Å². The van der Waals surface area contributed by atoms with E-state index in [1.54, 1.807) is 42.5 Å². The van der Waals surface area contributed by atoms with Gasteiger partial charge in [0, 0.05) is 21.1 Å². The molecule has 0 bridgehead atoms. The number of hydrogen-bond donors (Lipinski definition) is 0. The summed E-state index contributed by atoms with van der Waals surface area (Å²) in [5, 5.41) is 0. The fourth-order valence-electron chi connectivity index (χ4n) is 2.23. The zero-order chi connectivity index (χ0) is 18.9. The van der Waals surface area contributed by atoms with E-state index in [9.17, 15) is 14.4 Å². The molecular weight excluding hydrogens is 447 g/mol. The molecule has 0 aromatic heterocycles. The molecule has 0 spiro atoms. The second-order valence-corrected chi connectivity index (χ2v) is 6.72. The largest absolute Gasteiger partial charge is 0.494 e. The lowest BCUT2D eigenvalue weighted by Gasteiger charge is -2.06. The second-order valence-electron chi connectivity index (χ2n) is 5.47. The molecule has 0 aliphatic rings. The van der Waals surface area contributed by atoms with Crippen LogP contribution in [0.3, 0.4) is 0 Å². The third-order valence-electron chi connectivity index (χ3n) is 3.55. The van der Waals surface area contributed by atoms with Crippen molar-refractivity contribution in [2.75, 3.05) is 13.2 Å². The summed E-state index contributed by atoms with van der Waals surface area (Å²) in [5.74, 6) is -0.301. The molecule has 0 heterocycles. The first kappa shape index (κ1) is 20.1. The van der Waals surface area contributed by atoms with Crippen molar-refractivity contribution in [1.29, 1.82) is 0 Å². The highest BCUT2D eigenvalue weighted by atomic mass is 127. The molecule has 0 amide bonds. The first-order valence-electron chi connectivity index (χ1n) is 8.20. The summed E-state index contributed by atoms with van der Waals surface area (Å²) in [6.07, 6.45) is -0.0319. The topological polar surface area (TPSA) is 69.7 Å².